The topological polar surface area (TPSA) is 15.3 Å². The summed E-state index contributed by atoms with van der Waals surface area (Å²) < 4.78 is 0. The van der Waals surface area contributed by atoms with Crippen molar-refractivity contribution in [2.45, 2.75) is 39.3 Å². The zero-order valence-electron chi connectivity index (χ0n) is 9.75. The predicted octanol–water partition coefficient (Wildman–Crippen LogP) is 1.81. The first kappa shape index (κ1) is 12.3. The Hall–Kier alpha value is 0.270. The maximum absolute atomic E-state index is 3.55. The highest BCUT2D eigenvalue weighted by molar-refractivity contribution is 7.99. The van der Waals surface area contributed by atoms with Crippen molar-refractivity contribution in [3.63, 3.8) is 0 Å². The van der Waals surface area contributed by atoms with E-state index in [1.165, 1.54) is 37.6 Å². The number of thioether (sulfide) groups is 1. The van der Waals surface area contributed by atoms with Crippen molar-refractivity contribution in [2.75, 3.05) is 31.1 Å². The van der Waals surface area contributed by atoms with Crippen molar-refractivity contribution in [2.24, 2.45) is 0 Å². The Kier molecular flexibility index (Phi) is 5.90. The average molecular weight is 216 g/mol. The summed E-state index contributed by atoms with van der Waals surface area (Å²) >= 11 is 2.05. The van der Waals surface area contributed by atoms with E-state index in [0.29, 0.717) is 6.04 Å². The van der Waals surface area contributed by atoms with Crippen LogP contribution in [-0.4, -0.2) is 48.1 Å². The van der Waals surface area contributed by atoms with Gasteiger partial charge in [0.1, 0.15) is 0 Å². The summed E-state index contributed by atoms with van der Waals surface area (Å²) in [6.07, 6.45) is 1.29. The van der Waals surface area contributed by atoms with E-state index in [1.54, 1.807) is 0 Å². The fourth-order valence-electron chi connectivity index (χ4n) is 1.96. The van der Waals surface area contributed by atoms with E-state index in [4.69, 9.17) is 0 Å². The highest BCUT2D eigenvalue weighted by atomic mass is 32.2. The number of rotatable bonds is 4. The molecule has 1 fully saturated rings. The van der Waals surface area contributed by atoms with Gasteiger partial charge in [-0.1, -0.05) is 6.92 Å². The molecule has 0 bridgehead atoms. The average Bonchev–Trinajstić information content (AvgIpc) is 2.30. The molecule has 0 aliphatic carbocycles. The van der Waals surface area contributed by atoms with Crippen LogP contribution in [0, 0.1) is 0 Å². The van der Waals surface area contributed by atoms with E-state index >= 15 is 0 Å². The van der Waals surface area contributed by atoms with Gasteiger partial charge in [0.2, 0.25) is 0 Å². The lowest BCUT2D eigenvalue weighted by Crippen LogP contribution is -2.39. The Morgan fingerprint density at radius 2 is 2.21 bits per heavy atom. The maximum Gasteiger partial charge on any atom is 0.0166 e. The van der Waals surface area contributed by atoms with Gasteiger partial charge in [-0.15, -0.1) is 0 Å². The second-order valence-electron chi connectivity index (χ2n) is 4.18. The first-order valence-electron chi connectivity index (χ1n) is 5.79. The molecule has 0 radical (unpaired) electrons. The summed E-state index contributed by atoms with van der Waals surface area (Å²) in [5.41, 5.74) is 0. The summed E-state index contributed by atoms with van der Waals surface area (Å²) in [6.45, 7) is 10.5. The minimum atomic E-state index is 0.659. The van der Waals surface area contributed by atoms with E-state index in [-0.39, 0.29) is 0 Å². The quantitative estimate of drug-likeness (QED) is 0.722. The first-order chi connectivity index (χ1) is 6.74. The van der Waals surface area contributed by atoms with Crippen LogP contribution in [0.1, 0.15) is 27.2 Å². The molecule has 2 unspecified atom stereocenters. The molecule has 0 spiro atoms. The minimum absolute atomic E-state index is 0.659. The van der Waals surface area contributed by atoms with Crippen molar-refractivity contribution in [3.05, 3.63) is 0 Å². The Balaban J connectivity index is 2.30. The number of nitrogens with zero attached hydrogens (tertiary/aromatic N) is 1. The molecule has 1 heterocycles. The zero-order valence-corrected chi connectivity index (χ0v) is 10.6. The fraction of sp³-hybridized carbons (Fsp3) is 1.00. The SMILES string of the molecule is CCSCCN1CC(C)NCCC1C. The van der Waals surface area contributed by atoms with Crippen molar-refractivity contribution < 1.29 is 0 Å². The monoisotopic (exact) mass is 216 g/mol. The molecular weight excluding hydrogens is 192 g/mol. The van der Waals surface area contributed by atoms with Gasteiger partial charge in [-0.3, -0.25) is 4.90 Å². The van der Waals surface area contributed by atoms with Gasteiger partial charge in [0.05, 0.1) is 0 Å². The molecular formula is C11H24N2S. The van der Waals surface area contributed by atoms with Crippen LogP contribution in [0.15, 0.2) is 0 Å². The second kappa shape index (κ2) is 6.70. The Morgan fingerprint density at radius 1 is 1.43 bits per heavy atom. The molecule has 0 saturated carbocycles. The number of hydrogen-bond donors (Lipinski definition) is 1. The largest absolute Gasteiger partial charge is 0.313 e. The third-order valence-electron chi connectivity index (χ3n) is 2.91. The van der Waals surface area contributed by atoms with Crippen molar-refractivity contribution in [1.29, 1.82) is 0 Å². The lowest BCUT2D eigenvalue weighted by Gasteiger charge is -2.27. The van der Waals surface area contributed by atoms with Crippen LogP contribution < -0.4 is 5.32 Å². The number of nitrogens with one attached hydrogen (secondary N) is 1. The number of hydrogen-bond acceptors (Lipinski definition) is 3. The van der Waals surface area contributed by atoms with Crippen LogP contribution in [0.5, 0.6) is 0 Å². The molecule has 1 saturated heterocycles. The normalized spacial score (nSPS) is 30.2. The van der Waals surface area contributed by atoms with Crippen molar-refractivity contribution in [1.82, 2.24) is 10.2 Å². The third-order valence-corrected chi connectivity index (χ3v) is 3.79. The van der Waals surface area contributed by atoms with Crippen LogP contribution in [0.4, 0.5) is 0 Å². The highest BCUT2D eigenvalue weighted by Crippen LogP contribution is 2.10. The van der Waals surface area contributed by atoms with Crippen LogP contribution in [0.25, 0.3) is 0 Å². The molecule has 1 N–H and O–H groups in total. The molecule has 1 rings (SSSR count). The lowest BCUT2D eigenvalue weighted by molar-refractivity contribution is 0.221. The molecule has 84 valence electrons. The van der Waals surface area contributed by atoms with E-state index in [1.807, 2.05) is 11.8 Å². The van der Waals surface area contributed by atoms with Crippen LogP contribution in [0.2, 0.25) is 0 Å². The molecule has 3 heteroatoms. The molecule has 14 heavy (non-hydrogen) atoms. The third kappa shape index (κ3) is 4.20. The van der Waals surface area contributed by atoms with Gasteiger partial charge in [0.15, 0.2) is 0 Å². The van der Waals surface area contributed by atoms with Gasteiger partial charge in [-0.25, -0.2) is 0 Å². The maximum atomic E-state index is 3.55. The van der Waals surface area contributed by atoms with Crippen LogP contribution >= 0.6 is 11.8 Å². The van der Waals surface area contributed by atoms with Crippen molar-refractivity contribution in [3.8, 4) is 0 Å². The highest BCUT2D eigenvalue weighted by Gasteiger charge is 2.19. The lowest BCUT2D eigenvalue weighted by atomic mass is 10.2. The molecule has 0 aromatic heterocycles. The van der Waals surface area contributed by atoms with E-state index in [9.17, 15) is 0 Å². The first-order valence-corrected chi connectivity index (χ1v) is 6.94. The molecule has 0 aromatic rings. The Bertz CT molecular complexity index is 152. The summed E-state index contributed by atoms with van der Waals surface area (Å²) in [5.74, 6) is 2.53. The van der Waals surface area contributed by atoms with E-state index in [0.717, 1.165) is 6.04 Å². The predicted molar refractivity (Wildman–Crippen MR) is 66.1 cm³/mol. The summed E-state index contributed by atoms with van der Waals surface area (Å²) in [4.78, 5) is 2.63. The smallest absolute Gasteiger partial charge is 0.0166 e. The minimum Gasteiger partial charge on any atom is -0.313 e. The van der Waals surface area contributed by atoms with Crippen molar-refractivity contribution >= 4 is 11.8 Å². The molecule has 0 amide bonds. The summed E-state index contributed by atoms with van der Waals surface area (Å²) in [7, 11) is 0. The summed E-state index contributed by atoms with van der Waals surface area (Å²) in [6, 6.07) is 1.41. The van der Waals surface area contributed by atoms with E-state index in [2.05, 4.69) is 31.0 Å². The van der Waals surface area contributed by atoms with Gasteiger partial charge in [-0.05, 0) is 32.6 Å². The fourth-order valence-corrected chi connectivity index (χ4v) is 2.61. The standard InChI is InChI=1S/C11H24N2S/c1-4-14-8-7-13-9-10(2)12-6-5-11(13)3/h10-12H,4-9H2,1-3H3. The molecule has 0 aromatic carbocycles. The van der Waals surface area contributed by atoms with Gasteiger partial charge in [-0.2, -0.15) is 11.8 Å². The van der Waals surface area contributed by atoms with Crippen LogP contribution in [-0.2, 0) is 0 Å². The molecule has 1 aliphatic rings. The van der Waals surface area contributed by atoms with Crippen LogP contribution in [0.3, 0.4) is 0 Å². The molecule has 1 aliphatic heterocycles. The van der Waals surface area contributed by atoms with Gasteiger partial charge in [0.25, 0.3) is 0 Å². The van der Waals surface area contributed by atoms with Gasteiger partial charge < -0.3 is 5.32 Å². The molecule has 2 nitrogen and oxygen atoms in total. The van der Waals surface area contributed by atoms with Gasteiger partial charge in [0, 0.05) is 30.9 Å². The molecule has 2 atom stereocenters. The summed E-state index contributed by atoms with van der Waals surface area (Å²) in [5, 5.41) is 3.55. The van der Waals surface area contributed by atoms with E-state index < -0.39 is 0 Å². The Labute approximate surface area is 92.8 Å². The Morgan fingerprint density at radius 3 is 2.93 bits per heavy atom. The second-order valence-corrected chi connectivity index (χ2v) is 5.58. The van der Waals surface area contributed by atoms with Gasteiger partial charge >= 0.3 is 0 Å². The zero-order chi connectivity index (χ0) is 10.4.